The fourth-order valence-corrected chi connectivity index (χ4v) is 3.95. The van der Waals surface area contributed by atoms with Gasteiger partial charge in [0.15, 0.2) is 6.29 Å². The maximum Gasteiger partial charge on any atom is 0.313 e. The number of aryl methyl sites for hydroxylation is 1. The first-order valence-electron chi connectivity index (χ1n) is 12.8. The third-order valence-electron chi connectivity index (χ3n) is 6.25. The van der Waals surface area contributed by atoms with Crippen LogP contribution in [0.2, 0.25) is 0 Å². The maximum atomic E-state index is 13.6. The summed E-state index contributed by atoms with van der Waals surface area (Å²) < 4.78 is 88.8. The SMILES string of the molecule is O=C(CCOCCn1cc(CCO[C@H]2O[C@H](CCc3nnn[nH]3)[C@@H](O)[C@H](O)[C@@H]2O)nn1)Oc1c(F)c(F)c(F)c(F)c1F. The van der Waals surface area contributed by atoms with Crippen molar-refractivity contribution in [2.24, 2.45) is 0 Å². The number of hydrogen-bond donors (Lipinski definition) is 4. The number of aromatic nitrogens is 7. The van der Waals surface area contributed by atoms with Gasteiger partial charge in [0.25, 0.3) is 0 Å². The number of aliphatic hydroxyl groups excluding tert-OH is 3. The van der Waals surface area contributed by atoms with Gasteiger partial charge in [-0.3, -0.25) is 4.79 Å². The Hall–Kier alpha value is -3.69. The molecule has 0 saturated carbocycles. The summed E-state index contributed by atoms with van der Waals surface area (Å²) in [7, 11) is 0. The Kier molecular flexibility index (Phi) is 11.0. The van der Waals surface area contributed by atoms with Crippen molar-refractivity contribution in [2.75, 3.05) is 19.8 Å². The van der Waals surface area contributed by atoms with Crippen LogP contribution in [-0.4, -0.2) is 107 Å². The lowest BCUT2D eigenvalue weighted by atomic mass is 9.96. The fourth-order valence-electron chi connectivity index (χ4n) is 3.95. The van der Waals surface area contributed by atoms with Gasteiger partial charge in [0.2, 0.25) is 34.8 Å². The molecule has 20 heteroatoms. The lowest BCUT2D eigenvalue weighted by Gasteiger charge is -2.40. The Morgan fingerprint density at radius 3 is 2.35 bits per heavy atom. The minimum atomic E-state index is -2.37. The van der Waals surface area contributed by atoms with Crippen molar-refractivity contribution in [3.8, 4) is 5.75 Å². The highest BCUT2D eigenvalue weighted by Gasteiger charge is 2.44. The Morgan fingerprint density at radius 2 is 1.65 bits per heavy atom. The lowest BCUT2D eigenvalue weighted by Crippen LogP contribution is -2.58. The third-order valence-corrected chi connectivity index (χ3v) is 6.25. The van der Waals surface area contributed by atoms with Crippen molar-refractivity contribution in [1.82, 2.24) is 35.6 Å². The molecule has 0 aliphatic carbocycles. The second-order valence-electron chi connectivity index (χ2n) is 9.23. The van der Waals surface area contributed by atoms with Crippen LogP contribution >= 0.6 is 0 Å². The first-order chi connectivity index (χ1) is 20.6. The van der Waals surface area contributed by atoms with Crippen molar-refractivity contribution in [3.05, 3.63) is 46.8 Å². The number of halogens is 5. The predicted molar refractivity (Wildman–Crippen MR) is 126 cm³/mol. The largest absolute Gasteiger partial charge is 0.420 e. The zero-order valence-electron chi connectivity index (χ0n) is 22.1. The average Bonchev–Trinajstić information content (AvgIpc) is 3.69. The van der Waals surface area contributed by atoms with Gasteiger partial charge < -0.3 is 34.3 Å². The van der Waals surface area contributed by atoms with Crippen molar-refractivity contribution in [3.63, 3.8) is 0 Å². The van der Waals surface area contributed by atoms with Gasteiger partial charge in [0.1, 0.15) is 24.1 Å². The van der Waals surface area contributed by atoms with E-state index in [-0.39, 0.29) is 39.2 Å². The molecule has 43 heavy (non-hydrogen) atoms. The van der Waals surface area contributed by atoms with Crippen molar-refractivity contribution < 1.29 is 61.0 Å². The number of carbonyl (C=O) groups excluding carboxylic acids is 1. The number of nitrogens with one attached hydrogen (secondary N) is 1. The molecule has 0 amide bonds. The summed E-state index contributed by atoms with van der Waals surface area (Å²) in [5.74, 6) is -13.9. The molecule has 1 fully saturated rings. The number of aromatic amines is 1. The Bertz CT molecular complexity index is 1340. The van der Waals surface area contributed by atoms with E-state index < -0.39 is 77.9 Å². The van der Waals surface area contributed by atoms with Crippen LogP contribution in [-0.2, 0) is 38.4 Å². The molecule has 1 aliphatic rings. The van der Waals surface area contributed by atoms with Gasteiger partial charge >= 0.3 is 5.97 Å². The van der Waals surface area contributed by atoms with Gasteiger partial charge in [0, 0.05) is 19.0 Å². The number of aliphatic hydroxyl groups is 3. The molecule has 2 aromatic heterocycles. The topological polar surface area (TPSA) is 200 Å². The van der Waals surface area contributed by atoms with Crippen LogP contribution in [0.3, 0.4) is 0 Å². The summed E-state index contributed by atoms with van der Waals surface area (Å²) in [6, 6.07) is 0. The standard InChI is InChI=1S/C23H26F5N7O8/c24-14-15(25)17(27)22(18(28)16(14)26)43-13(36)4-6-40-8-5-35-9-10(29-34-35)3-7-41-23-21(39)20(38)19(37)11(42-23)1-2-12-30-32-33-31-12/h9,11,19-21,23,37-39H,1-8H2,(H,30,31,32,33)/t11-,19-,20+,21+,23+/m1/s1. The highest BCUT2D eigenvalue weighted by atomic mass is 19.2. The summed E-state index contributed by atoms with van der Waals surface area (Å²) in [6.45, 7) is -0.0752. The number of nitrogens with zero attached hydrogens (tertiary/aromatic N) is 6. The van der Waals surface area contributed by atoms with Gasteiger partial charge in [0.05, 0.1) is 44.6 Å². The minimum absolute atomic E-state index is 0.0168. The zero-order chi connectivity index (χ0) is 31.1. The average molecular weight is 623 g/mol. The monoisotopic (exact) mass is 623 g/mol. The molecule has 4 N–H and O–H groups in total. The number of rotatable bonds is 14. The number of esters is 1. The molecule has 0 spiro atoms. The summed E-state index contributed by atoms with van der Waals surface area (Å²) >= 11 is 0. The van der Waals surface area contributed by atoms with Crippen molar-refractivity contribution >= 4 is 5.97 Å². The van der Waals surface area contributed by atoms with Gasteiger partial charge in [-0.2, -0.15) is 8.78 Å². The van der Waals surface area contributed by atoms with Crippen LogP contribution in [0.4, 0.5) is 22.0 Å². The molecule has 3 heterocycles. The van der Waals surface area contributed by atoms with E-state index >= 15 is 0 Å². The molecule has 5 atom stereocenters. The molecule has 15 nitrogen and oxygen atoms in total. The quantitative estimate of drug-likeness (QED) is 0.0448. The first-order valence-corrected chi connectivity index (χ1v) is 12.8. The number of benzene rings is 1. The molecule has 4 rings (SSSR count). The van der Waals surface area contributed by atoms with E-state index in [4.69, 9.17) is 14.2 Å². The predicted octanol–water partition coefficient (Wildman–Crippen LogP) is -0.501. The maximum absolute atomic E-state index is 13.6. The van der Waals surface area contributed by atoms with E-state index in [9.17, 15) is 42.1 Å². The minimum Gasteiger partial charge on any atom is -0.420 e. The van der Waals surface area contributed by atoms with E-state index in [1.807, 2.05) is 0 Å². The number of tetrazole rings is 1. The highest BCUT2D eigenvalue weighted by molar-refractivity contribution is 5.72. The van der Waals surface area contributed by atoms with Crippen LogP contribution in [0.15, 0.2) is 6.20 Å². The summed E-state index contributed by atoms with van der Waals surface area (Å²) in [5.41, 5.74) is 0.492. The van der Waals surface area contributed by atoms with E-state index in [1.165, 1.54) is 4.68 Å². The first kappa shape index (κ1) is 32.2. The van der Waals surface area contributed by atoms with Crippen LogP contribution in [0.5, 0.6) is 5.75 Å². The lowest BCUT2D eigenvalue weighted by molar-refractivity contribution is -0.297. The summed E-state index contributed by atoms with van der Waals surface area (Å²) in [5, 5.41) is 51.7. The van der Waals surface area contributed by atoms with Crippen LogP contribution in [0.25, 0.3) is 0 Å². The van der Waals surface area contributed by atoms with Gasteiger partial charge in [-0.25, -0.2) is 23.0 Å². The molecule has 0 unspecified atom stereocenters. The third kappa shape index (κ3) is 8.03. The molecule has 3 aromatic rings. The Morgan fingerprint density at radius 1 is 0.930 bits per heavy atom. The second-order valence-corrected chi connectivity index (χ2v) is 9.23. The number of carbonyl (C=O) groups is 1. The summed E-state index contributed by atoms with van der Waals surface area (Å²) in [4.78, 5) is 11.8. The number of H-pyrrole nitrogens is 1. The van der Waals surface area contributed by atoms with Gasteiger partial charge in [-0.1, -0.05) is 5.21 Å². The molecule has 1 aromatic carbocycles. The Balaban J connectivity index is 1.14. The van der Waals surface area contributed by atoms with E-state index in [1.54, 1.807) is 6.20 Å². The smallest absolute Gasteiger partial charge is 0.313 e. The zero-order valence-corrected chi connectivity index (χ0v) is 22.1. The Labute approximate surface area is 238 Å². The molecular weight excluding hydrogens is 597 g/mol. The number of ether oxygens (including phenoxy) is 4. The molecule has 0 radical (unpaired) electrons. The van der Waals surface area contributed by atoms with E-state index in [2.05, 4.69) is 35.7 Å². The van der Waals surface area contributed by atoms with E-state index in [0.717, 1.165) is 0 Å². The van der Waals surface area contributed by atoms with Crippen LogP contribution < -0.4 is 4.74 Å². The van der Waals surface area contributed by atoms with Crippen LogP contribution in [0.1, 0.15) is 24.4 Å². The molecule has 236 valence electrons. The number of hydrogen-bond acceptors (Lipinski definition) is 13. The molecule has 1 saturated heterocycles. The van der Waals surface area contributed by atoms with Crippen molar-refractivity contribution in [2.45, 2.75) is 62.9 Å². The van der Waals surface area contributed by atoms with E-state index in [0.29, 0.717) is 17.9 Å². The van der Waals surface area contributed by atoms with Gasteiger partial charge in [-0.05, 0) is 16.8 Å². The van der Waals surface area contributed by atoms with Gasteiger partial charge in [-0.15, -0.1) is 10.2 Å². The van der Waals surface area contributed by atoms with Crippen molar-refractivity contribution in [1.29, 1.82) is 0 Å². The molecular formula is C23H26F5N7O8. The summed E-state index contributed by atoms with van der Waals surface area (Å²) in [6.07, 6.45) is -4.61. The molecule has 1 aliphatic heterocycles. The van der Waals surface area contributed by atoms with Crippen LogP contribution in [0, 0.1) is 29.1 Å². The normalized spacial score (nSPS) is 22.2. The molecule has 0 bridgehead atoms. The fraction of sp³-hybridized carbons (Fsp3) is 0.565. The second kappa shape index (κ2) is 14.7. The highest BCUT2D eigenvalue weighted by Crippen LogP contribution is 2.29.